The average molecular weight is 396 g/mol. The van der Waals surface area contributed by atoms with Crippen molar-refractivity contribution in [2.75, 3.05) is 20.3 Å². The number of carbonyl (C=O) groups is 1. The quantitative estimate of drug-likeness (QED) is 0.593. The number of fused-ring (bicyclic) bond motifs is 1. The summed E-state index contributed by atoms with van der Waals surface area (Å²) in [4.78, 5) is 16.7. The van der Waals surface area contributed by atoms with Crippen LogP contribution < -0.4 is 10.1 Å². The summed E-state index contributed by atoms with van der Waals surface area (Å²) in [5.41, 5.74) is 3.12. The molecular weight excluding hydrogens is 366 g/mol. The second-order valence-corrected chi connectivity index (χ2v) is 7.37. The first-order chi connectivity index (χ1) is 14.0. The Kier molecular flexibility index (Phi) is 6.88. The van der Waals surface area contributed by atoms with Gasteiger partial charge in [0, 0.05) is 7.11 Å². The van der Waals surface area contributed by atoms with Gasteiger partial charge in [0.2, 0.25) is 5.91 Å². The molecule has 0 bridgehead atoms. The number of benzene rings is 2. The smallest absolute Gasteiger partial charge is 0.246 e. The second-order valence-electron chi connectivity index (χ2n) is 7.37. The van der Waals surface area contributed by atoms with E-state index >= 15 is 0 Å². The summed E-state index contributed by atoms with van der Waals surface area (Å²) in [6.07, 6.45) is 0. The molecule has 3 rings (SSSR count). The van der Waals surface area contributed by atoms with E-state index < -0.39 is 0 Å². The molecule has 6 heteroatoms. The molecule has 0 saturated heterocycles. The summed E-state index contributed by atoms with van der Waals surface area (Å²) >= 11 is 0. The monoisotopic (exact) mass is 395 g/mol. The van der Waals surface area contributed by atoms with Gasteiger partial charge in [-0.05, 0) is 36.6 Å². The molecule has 0 aliphatic rings. The summed E-state index contributed by atoms with van der Waals surface area (Å²) in [7, 11) is 1.51. The first-order valence-corrected chi connectivity index (χ1v) is 9.96. The van der Waals surface area contributed by atoms with Crippen molar-refractivity contribution in [3.63, 3.8) is 0 Å². The Morgan fingerprint density at radius 2 is 1.83 bits per heavy atom. The maximum Gasteiger partial charge on any atom is 0.246 e. The van der Waals surface area contributed by atoms with E-state index in [1.165, 1.54) is 12.7 Å². The van der Waals surface area contributed by atoms with Gasteiger partial charge >= 0.3 is 0 Å². The van der Waals surface area contributed by atoms with Gasteiger partial charge in [-0.1, -0.05) is 44.2 Å². The van der Waals surface area contributed by atoms with Gasteiger partial charge in [0.25, 0.3) is 0 Å². The van der Waals surface area contributed by atoms with Gasteiger partial charge in [-0.2, -0.15) is 0 Å². The van der Waals surface area contributed by atoms with Crippen molar-refractivity contribution >= 4 is 16.9 Å². The minimum atomic E-state index is -0.243. The number of hydrogen-bond donors (Lipinski definition) is 1. The van der Waals surface area contributed by atoms with Gasteiger partial charge in [-0.15, -0.1) is 0 Å². The van der Waals surface area contributed by atoms with Crippen LogP contribution in [0.2, 0.25) is 0 Å². The van der Waals surface area contributed by atoms with Crippen LogP contribution in [-0.2, 0) is 16.1 Å². The first kappa shape index (κ1) is 20.9. The normalized spacial score (nSPS) is 12.3. The molecule has 1 atom stereocenters. The van der Waals surface area contributed by atoms with Gasteiger partial charge in [0.15, 0.2) is 0 Å². The average Bonchev–Trinajstić information content (AvgIpc) is 3.07. The molecule has 1 aromatic heterocycles. The maximum absolute atomic E-state index is 12.0. The molecule has 1 unspecified atom stereocenters. The van der Waals surface area contributed by atoms with Crippen LogP contribution in [-0.4, -0.2) is 35.8 Å². The number of nitrogens with one attached hydrogen (secondary N) is 1. The molecule has 6 nitrogen and oxygen atoms in total. The summed E-state index contributed by atoms with van der Waals surface area (Å²) in [5.74, 6) is 1.94. The minimum Gasteiger partial charge on any atom is -0.491 e. The minimum absolute atomic E-state index is 0.0274. The fraction of sp³-hybridized carbons (Fsp3) is 0.391. The number of rotatable bonds is 9. The highest BCUT2D eigenvalue weighted by Crippen LogP contribution is 2.26. The predicted octanol–water partition coefficient (Wildman–Crippen LogP) is 4.06. The highest BCUT2D eigenvalue weighted by Gasteiger charge is 2.18. The van der Waals surface area contributed by atoms with E-state index in [9.17, 15) is 4.79 Å². The van der Waals surface area contributed by atoms with Gasteiger partial charge in [0.05, 0.1) is 23.6 Å². The van der Waals surface area contributed by atoms with Crippen LogP contribution in [0.3, 0.4) is 0 Å². The number of aromatic nitrogens is 2. The van der Waals surface area contributed by atoms with Gasteiger partial charge < -0.3 is 19.4 Å². The number of nitrogens with zero attached hydrogens (tertiary/aromatic N) is 2. The molecule has 2 aromatic carbocycles. The van der Waals surface area contributed by atoms with Crippen molar-refractivity contribution < 1.29 is 14.3 Å². The van der Waals surface area contributed by atoms with Crippen molar-refractivity contribution in [3.8, 4) is 5.75 Å². The molecular formula is C23H29N3O3. The van der Waals surface area contributed by atoms with Crippen molar-refractivity contribution in [1.82, 2.24) is 14.9 Å². The third kappa shape index (κ3) is 4.95. The summed E-state index contributed by atoms with van der Waals surface area (Å²) in [6.45, 7) is 7.42. The number of methoxy groups -OCH3 is 1. The molecule has 0 spiro atoms. The zero-order valence-electron chi connectivity index (χ0n) is 17.5. The highest BCUT2D eigenvalue weighted by molar-refractivity contribution is 5.78. The van der Waals surface area contributed by atoms with Gasteiger partial charge in [-0.25, -0.2) is 4.98 Å². The molecule has 3 aromatic rings. The Labute approximate surface area is 171 Å². The molecule has 154 valence electrons. The Balaban J connectivity index is 1.80. The number of carbonyl (C=O) groups excluding carboxylic acids is 1. The first-order valence-electron chi connectivity index (χ1n) is 9.96. The molecule has 0 fully saturated rings. The van der Waals surface area contributed by atoms with Crippen LogP contribution in [0.15, 0.2) is 48.5 Å². The topological polar surface area (TPSA) is 65.4 Å². The van der Waals surface area contributed by atoms with E-state index in [-0.39, 0.29) is 18.6 Å². The molecule has 1 N–H and O–H groups in total. The summed E-state index contributed by atoms with van der Waals surface area (Å²) in [6, 6.07) is 15.9. The van der Waals surface area contributed by atoms with E-state index in [1.807, 2.05) is 49.4 Å². The zero-order valence-corrected chi connectivity index (χ0v) is 17.5. The van der Waals surface area contributed by atoms with Crippen molar-refractivity contribution in [3.05, 3.63) is 59.9 Å². The molecule has 29 heavy (non-hydrogen) atoms. The van der Waals surface area contributed by atoms with Crippen LogP contribution >= 0.6 is 0 Å². The Morgan fingerprint density at radius 3 is 2.59 bits per heavy atom. The lowest BCUT2D eigenvalue weighted by atomic mass is 10.0. The van der Waals surface area contributed by atoms with Crippen LogP contribution in [0, 0.1) is 0 Å². The lowest BCUT2D eigenvalue weighted by Crippen LogP contribution is -2.31. The molecule has 0 aliphatic heterocycles. The van der Waals surface area contributed by atoms with E-state index in [1.54, 1.807) is 0 Å². The molecule has 0 aliphatic carbocycles. The number of amides is 1. The van der Waals surface area contributed by atoms with Gasteiger partial charge in [-0.3, -0.25) is 4.79 Å². The Hall–Kier alpha value is -2.86. The van der Waals surface area contributed by atoms with E-state index in [2.05, 4.69) is 29.8 Å². The highest BCUT2D eigenvalue weighted by atomic mass is 16.5. The van der Waals surface area contributed by atoms with Crippen molar-refractivity contribution in [2.24, 2.45) is 0 Å². The lowest BCUT2D eigenvalue weighted by Gasteiger charge is -2.18. The maximum atomic E-state index is 12.0. The number of imidazole rings is 1. The van der Waals surface area contributed by atoms with Crippen molar-refractivity contribution in [2.45, 2.75) is 39.3 Å². The van der Waals surface area contributed by atoms with Crippen LogP contribution in [0.1, 0.15) is 44.1 Å². The van der Waals surface area contributed by atoms with E-state index in [0.29, 0.717) is 19.1 Å². The number of para-hydroxylation sites is 3. The standard InChI is InChI=1S/C23H29N3O3/c1-16(2)18-9-5-8-12-21(18)29-14-13-26-20-11-7-6-10-19(20)25-23(26)17(3)24-22(27)15-28-4/h5-12,16-17H,13-15H2,1-4H3,(H,24,27). The largest absolute Gasteiger partial charge is 0.491 e. The third-order valence-corrected chi connectivity index (χ3v) is 4.84. The third-order valence-electron chi connectivity index (χ3n) is 4.84. The van der Waals surface area contributed by atoms with Crippen LogP contribution in [0.4, 0.5) is 0 Å². The van der Waals surface area contributed by atoms with Gasteiger partial charge in [0.1, 0.15) is 24.8 Å². The van der Waals surface area contributed by atoms with Crippen molar-refractivity contribution in [1.29, 1.82) is 0 Å². The Bertz CT molecular complexity index is 965. The summed E-state index contributed by atoms with van der Waals surface area (Å²) < 4.78 is 13.1. The summed E-state index contributed by atoms with van der Waals surface area (Å²) in [5, 5.41) is 2.94. The molecule has 0 radical (unpaired) electrons. The lowest BCUT2D eigenvalue weighted by molar-refractivity contribution is -0.125. The fourth-order valence-electron chi connectivity index (χ4n) is 3.47. The molecule has 0 saturated carbocycles. The predicted molar refractivity (Wildman–Crippen MR) is 114 cm³/mol. The zero-order chi connectivity index (χ0) is 20.8. The molecule has 1 amide bonds. The van der Waals surface area contributed by atoms with Crippen LogP contribution in [0.5, 0.6) is 5.75 Å². The second kappa shape index (κ2) is 9.56. The Morgan fingerprint density at radius 1 is 1.10 bits per heavy atom. The van der Waals surface area contributed by atoms with E-state index in [4.69, 9.17) is 14.5 Å². The fourth-order valence-corrected chi connectivity index (χ4v) is 3.47. The SMILES string of the molecule is COCC(=O)NC(C)c1nc2ccccc2n1CCOc1ccccc1C(C)C. The number of hydrogen-bond acceptors (Lipinski definition) is 4. The van der Waals surface area contributed by atoms with Crippen LogP contribution in [0.25, 0.3) is 11.0 Å². The molecule has 1 heterocycles. The van der Waals surface area contributed by atoms with E-state index in [0.717, 1.165) is 22.6 Å². The number of ether oxygens (including phenoxy) is 2.